The van der Waals surface area contributed by atoms with Gasteiger partial charge < -0.3 is 4.42 Å². The van der Waals surface area contributed by atoms with E-state index in [-0.39, 0.29) is 0 Å². The summed E-state index contributed by atoms with van der Waals surface area (Å²) in [5, 5.41) is 1.15. The highest BCUT2D eigenvalue weighted by Crippen LogP contribution is 2.33. The van der Waals surface area contributed by atoms with Crippen molar-refractivity contribution < 1.29 is 4.42 Å². The molecule has 0 amide bonds. The smallest absolute Gasteiger partial charge is 0.142 e. The maximum Gasteiger partial charge on any atom is 0.142 e. The lowest BCUT2D eigenvalue weighted by Crippen LogP contribution is -1.83. The summed E-state index contributed by atoms with van der Waals surface area (Å²) >= 11 is 0. The molecule has 0 saturated carbocycles. The number of hydrogen-bond acceptors (Lipinski definition) is 1. The van der Waals surface area contributed by atoms with Crippen LogP contribution >= 0.6 is 0 Å². The number of aryl methyl sites for hydroxylation is 2. The number of benzene rings is 3. The van der Waals surface area contributed by atoms with Crippen LogP contribution in [0.15, 0.2) is 77.2 Å². The van der Waals surface area contributed by atoms with Crippen molar-refractivity contribution in [3.63, 3.8) is 0 Å². The van der Waals surface area contributed by atoms with Gasteiger partial charge in [0.1, 0.15) is 11.3 Å². The fourth-order valence-corrected chi connectivity index (χ4v) is 3.11. The van der Waals surface area contributed by atoms with E-state index >= 15 is 0 Å². The number of para-hydroxylation sites is 1. The lowest BCUT2D eigenvalue weighted by atomic mass is 9.97. The number of hydrogen-bond donors (Lipinski definition) is 0. The van der Waals surface area contributed by atoms with Crippen LogP contribution in [-0.2, 0) is 0 Å². The number of fused-ring (bicyclic) bond motifs is 1. The second-order valence-corrected chi connectivity index (χ2v) is 6.03. The quantitative estimate of drug-likeness (QED) is 0.418. The van der Waals surface area contributed by atoms with Crippen molar-refractivity contribution in [3.8, 4) is 22.3 Å². The lowest BCUT2D eigenvalue weighted by molar-refractivity contribution is 0.579. The topological polar surface area (TPSA) is 13.1 Å². The van der Waals surface area contributed by atoms with Crippen molar-refractivity contribution in [2.24, 2.45) is 0 Å². The molecule has 0 aliphatic heterocycles. The van der Waals surface area contributed by atoms with Crippen molar-refractivity contribution in [1.29, 1.82) is 0 Å². The monoisotopic (exact) mass is 298 g/mol. The van der Waals surface area contributed by atoms with Gasteiger partial charge in [-0.1, -0.05) is 66.2 Å². The van der Waals surface area contributed by atoms with Gasteiger partial charge in [-0.3, -0.25) is 0 Å². The predicted molar refractivity (Wildman–Crippen MR) is 96.6 cm³/mol. The average molecular weight is 298 g/mol. The SMILES string of the molecule is Cc1cccc(-c2cccc(-c3cccc4cc(C)oc34)c2)c1. The summed E-state index contributed by atoms with van der Waals surface area (Å²) < 4.78 is 5.92. The average Bonchev–Trinajstić information content (AvgIpc) is 2.95. The van der Waals surface area contributed by atoms with Gasteiger partial charge >= 0.3 is 0 Å². The Balaban J connectivity index is 1.88. The Morgan fingerprint density at radius 3 is 2.17 bits per heavy atom. The van der Waals surface area contributed by atoms with Crippen molar-refractivity contribution >= 4 is 11.0 Å². The Labute approximate surface area is 136 Å². The van der Waals surface area contributed by atoms with Gasteiger partial charge in [0, 0.05) is 10.9 Å². The Hall–Kier alpha value is -2.80. The summed E-state index contributed by atoms with van der Waals surface area (Å²) in [5.74, 6) is 0.947. The zero-order chi connectivity index (χ0) is 15.8. The van der Waals surface area contributed by atoms with Crippen LogP contribution in [0.2, 0.25) is 0 Å². The Kier molecular flexibility index (Phi) is 3.27. The van der Waals surface area contributed by atoms with Crippen molar-refractivity contribution in [2.75, 3.05) is 0 Å². The Morgan fingerprint density at radius 1 is 0.652 bits per heavy atom. The van der Waals surface area contributed by atoms with Crippen molar-refractivity contribution in [3.05, 3.63) is 84.1 Å². The van der Waals surface area contributed by atoms with Crippen LogP contribution in [0.1, 0.15) is 11.3 Å². The van der Waals surface area contributed by atoms with Gasteiger partial charge in [-0.2, -0.15) is 0 Å². The van der Waals surface area contributed by atoms with E-state index in [4.69, 9.17) is 4.42 Å². The summed E-state index contributed by atoms with van der Waals surface area (Å²) in [6, 6.07) is 25.7. The second-order valence-electron chi connectivity index (χ2n) is 6.03. The van der Waals surface area contributed by atoms with E-state index in [1.165, 1.54) is 22.3 Å². The molecule has 0 radical (unpaired) electrons. The first-order chi connectivity index (χ1) is 11.2. The molecule has 0 N–H and O–H groups in total. The van der Waals surface area contributed by atoms with E-state index < -0.39 is 0 Å². The third-order valence-corrected chi connectivity index (χ3v) is 4.19. The minimum atomic E-state index is 0.947. The first-order valence-electron chi connectivity index (χ1n) is 7.87. The number of furan rings is 1. The molecule has 112 valence electrons. The standard InChI is InChI=1S/C22H18O/c1-15-6-3-7-17(12-15)18-8-4-9-19(14-18)21-11-5-10-20-13-16(2)23-22(20)21/h3-14H,1-2H3. The lowest BCUT2D eigenvalue weighted by Gasteiger charge is -2.07. The molecule has 0 bridgehead atoms. The summed E-state index contributed by atoms with van der Waals surface area (Å²) in [6.07, 6.45) is 0. The molecular formula is C22H18O. The molecule has 0 unspecified atom stereocenters. The molecule has 1 heteroatoms. The van der Waals surface area contributed by atoms with Crippen LogP contribution in [0.25, 0.3) is 33.2 Å². The van der Waals surface area contributed by atoms with Gasteiger partial charge in [-0.15, -0.1) is 0 Å². The van der Waals surface area contributed by atoms with Gasteiger partial charge in [-0.05, 0) is 42.7 Å². The summed E-state index contributed by atoms with van der Waals surface area (Å²) in [6.45, 7) is 4.12. The summed E-state index contributed by atoms with van der Waals surface area (Å²) in [7, 11) is 0. The molecule has 1 aromatic heterocycles. The van der Waals surface area contributed by atoms with Crippen molar-refractivity contribution in [1.82, 2.24) is 0 Å². The molecule has 1 nitrogen and oxygen atoms in total. The molecule has 0 saturated heterocycles. The van der Waals surface area contributed by atoms with Crippen molar-refractivity contribution in [2.45, 2.75) is 13.8 Å². The van der Waals surface area contributed by atoms with E-state index in [9.17, 15) is 0 Å². The first kappa shape index (κ1) is 13.8. The molecule has 3 aromatic carbocycles. The highest BCUT2D eigenvalue weighted by Gasteiger charge is 2.09. The first-order valence-corrected chi connectivity index (χ1v) is 7.87. The third-order valence-electron chi connectivity index (χ3n) is 4.19. The zero-order valence-corrected chi connectivity index (χ0v) is 13.3. The highest BCUT2D eigenvalue weighted by molar-refractivity contribution is 5.93. The molecule has 1 heterocycles. The highest BCUT2D eigenvalue weighted by atomic mass is 16.3. The largest absolute Gasteiger partial charge is 0.461 e. The normalized spacial score (nSPS) is 11.0. The number of rotatable bonds is 2. The molecule has 0 aliphatic carbocycles. The van der Waals surface area contributed by atoms with Gasteiger partial charge in [0.05, 0.1) is 0 Å². The predicted octanol–water partition coefficient (Wildman–Crippen LogP) is 6.38. The third kappa shape index (κ3) is 2.55. The van der Waals surface area contributed by atoms with Crippen LogP contribution < -0.4 is 0 Å². The Bertz CT molecular complexity index is 992. The summed E-state index contributed by atoms with van der Waals surface area (Å²) in [5.41, 5.74) is 7.04. The second kappa shape index (κ2) is 5.44. The van der Waals surface area contributed by atoms with Crippen LogP contribution in [0, 0.1) is 13.8 Å². The van der Waals surface area contributed by atoms with Gasteiger partial charge in [0.25, 0.3) is 0 Å². The maximum absolute atomic E-state index is 5.92. The fourth-order valence-electron chi connectivity index (χ4n) is 3.11. The van der Waals surface area contributed by atoms with Crippen LogP contribution in [0.4, 0.5) is 0 Å². The molecule has 0 spiro atoms. The molecule has 4 aromatic rings. The van der Waals surface area contributed by atoms with E-state index in [2.05, 4.69) is 79.7 Å². The fraction of sp³-hybridized carbons (Fsp3) is 0.0909. The molecule has 0 aliphatic rings. The molecule has 0 fully saturated rings. The Morgan fingerprint density at radius 2 is 1.35 bits per heavy atom. The van der Waals surface area contributed by atoms with Gasteiger partial charge in [0.2, 0.25) is 0 Å². The molecular weight excluding hydrogens is 280 g/mol. The molecule has 23 heavy (non-hydrogen) atoms. The zero-order valence-electron chi connectivity index (χ0n) is 13.3. The van der Waals surface area contributed by atoms with Crippen LogP contribution in [0.5, 0.6) is 0 Å². The van der Waals surface area contributed by atoms with E-state index in [0.717, 1.165) is 22.3 Å². The van der Waals surface area contributed by atoms with E-state index in [1.807, 2.05) is 6.92 Å². The minimum Gasteiger partial charge on any atom is -0.461 e. The van der Waals surface area contributed by atoms with Gasteiger partial charge in [0.15, 0.2) is 0 Å². The van der Waals surface area contributed by atoms with E-state index in [0.29, 0.717) is 0 Å². The van der Waals surface area contributed by atoms with Gasteiger partial charge in [-0.25, -0.2) is 0 Å². The van der Waals surface area contributed by atoms with Crippen LogP contribution in [0.3, 0.4) is 0 Å². The maximum atomic E-state index is 5.92. The van der Waals surface area contributed by atoms with E-state index in [1.54, 1.807) is 0 Å². The summed E-state index contributed by atoms with van der Waals surface area (Å²) in [4.78, 5) is 0. The molecule has 4 rings (SSSR count). The molecule has 0 atom stereocenters. The van der Waals surface area contributed by atoms with Crippen LogP contribution in [-0.4, -0.2) is 0 Å². The minimum absolute atomic E-state index is 0.947.